The molecule has 1 rings (SSSR count). The standard InChI is InChI=1S/C10H18ClNO2S/c1-2-12-7-3-5-10(9-12)6-4-8-15(11,13)14/h4,8,10H,2-3,5-7,9H2,1H3/b8-4-. The molecule has 88 valence electrons. The SMILES string of the molecule is CCN1CCCC(C/C=C\S(=O)(=O)Cl)C1. The maximum absolute atomic E-state index is 10.7. The van der Waals surface area contributed by atoms with Crippen LogP contribution < -0.4 is 0 Å². The summed E-state index contributed by atoms with van der Waals surface area (Å²) in [5.41, 5.74) is 0. The van der Waals surface area contributed by atoms with Crippen molar-refractivity contribution in [3.63, 3.8) is 0 Å². The molecule has 3 nitrogen and oxygen atoms in total. The van der Waals surface area contributed by atoms with Crippen LogP contribution in [0.4, 0.5) is 0 Å². The molecular weight excluding hydrogens is 234 g/mol. The number of piperidine rings is 1. The zero-order valence-electron chi connectivity index (χ0n) is 9.02. The Morgan fingerprint density at radius 1 is 1.53 bits per heavy atom. The predicted octanol–water partition coefficient (Wildman–Crippen LogP) is 2.19. The van der Waals surface area contributed by atoms with Crippen LogP contribution in [0.1, 0.15) is 26.2 Å². The van der Waals surface area contributed by atoms with Gasteiger partial charge in [0.25, 0.3) is 9.05 Å². The van der Waals surface area contributed by atoms with E-state index in [2.05, 4.69) is 11.8 Å². The number of hydrogen-bond acceptors (Lipinski definition) is 3. The van der Waals surface area contributed by atoms with E-state index in [0.717, 1.165) is 24.9 Å². The molecule has 1 atom stereocenters. The maximum atomic E-state index is 10.7. The molecule has 5 heteroatoms. The highest BCUT2D eigenvalue weighted by Gasteiger charge is 2.17. The average molecular weight is 252 g/mol. The molecule has 1 saturated heterocycles. The third-order valence-electron chi connectivity index (χ3n) is 2.78. The molecule has 0 bridgehead atoms. The van der Waals surface area contributed by atoms with Gasteiger partial charge in [-0.15, -0.1) is 0 Å². The predicted molar refractivity (Wildman–Crippen MR) is 63.4 cm³/mol. The Balaban J connectivity index is 2.36. The number of rotatable bonds is 4. The highest BCUT2D eigenvalue weighted by molar-refractivity contribution is 8.16. The number of halogens is 1. The number of allylic oxidation sites excluding steroid dienone is 1. The van der Waals surface area contributed by atoms with Crippen LogP contribution in [0.25, 0.3) is 0 Å². The molecule has 15 heavy (non-hydrogen) atoms. The van der Waals surface area contributed by atoms with Crippen molar-refractivity contribution >= 4 is 19.7 Å². The molecular formula is C10H18ClNO2S. The smallest absolute Gasteiger partial charge is 0.254 e. The monoisotopic (exact) mass is 251 g/mol. The first-order chi connectivity index (χ1) is 7.01. The molecule has 0 spiro atoms. The van der Waals surface area contributed by atoms with Crippen molar-refractivity contribution in [1.29, 1.82) is 0 Å². The van der Waals surface area contributed by atoms with E-state index < -0.39 is 9.05 Å². The van der Waals surface area contributed by atoms with E-state index in [4.69, 9.17) is 10.7 Å². The molecule has 1 aliphatic rings. The van der Waals surface area contributed by atoms with Crippen molar-refractivity contribution in [2.75, 3.05) is 19.6 Å². The Labute approximate surface area is 96.5 Å². The lowest BCUT2D eigenvalue weighted by Gasteiger charge is -2.31. The summed E-state index contributed by atoms with van der Waals surface area (Å²) in [5, 5.41) is 1.10. The van der Waals surface area contributed by atoms with Crippen molar-refractivity contribution in [1.82, 2.24) is 4.90 Å². The molecule has 1 unspecified atom stereocenters. The maximum Gasteiger partial charge on any atom is 0.254 e. The second kappa shape index (κ2) is 5.87. The van der Waals surface area contributed by atoms with Gasteiger partial charge in [-0.3, -0.25) is 0 Å². The first-order valence-corrected chi connectivity index (χ1v) is 7.72. The zero-order chi connectivity index (χ0) is 11.3. The Morgan fingerprint density at radius 3 is 2.87 bits per heavy atom. The van der Waals surface area contributed by atoms with E-state index in [1.807, 2.05) is 0 Å². The molecule has 0 saturated carbocycles. The molecule has 0 aromatic carbocycles. The quantitative estimate of drug-likeness (QED) is 0.719. The van der Waals surface area contributed by atoms with Crippen LogP contribution >= 0.6 is 10.7 Å². The van der Waals surface area contributed by atoms with Gasteiger partial charge in [-0.25, -0.2) is 8.42 Å². The Morgan fingerprint density at radius 2 is 2.27 bits per heavy atom. The van der Waals surface area contributed by atoms with Crippen LogP contribution in [0.5, 0.6) is 0 Å². The average Bonchev–Trinajstić information content (AvgIpc) is 2.16. The summed E-state index contributed by atoms with van der Waals surface area (Å²) in [7, 11) is 1.62. The minimum absolute atomic E-state index is 0.577. The molecule has 1 fully saturated rings. The molecule has 1 heterocycles. The first kappa shape index (κ1) is 13.0. The molecule has 0 amide bonds. The fourth-order valence-electron chi connectivity index (χ4n) is 1.99. The fourth-order valence-corrected chi connectivity index (χ4v) is 2.55. The van der Waals surface area contributed by atoms with Crippen LogP contribution in [-0.2, 0) is 9.05 Å². The van der Waals surface area contributed by atoms with Crippen molar-refractivity contribution in [3.8, 4) is 0 Å². The van der Waals surface area contributed by atoms with Gasteiger partial charge in [0.05, 0.1) is 0 Å². The van der Waals surface area contributed by atoms with Crippen LogP contribution in [0.15, 0.2) is 11.5 Å². The van der Waals surface area contributed by atoms with E-state index in [-0.39, 0.29) is 0 Å². The second-order valence-electron chi connectivity index (χ2n) is 3.98. The van der Waals surface area contributed by atoms with Gasteiger partial charge in [-0.1, -0.05) is 13.0 Å². The molecule has 0 aromatic rings. The lowest BCUT2D eigenvalue weighted by atomic mass is 9.95. The lowest BCUT2D eigenvalue weighted by molar-refractivity contribution is 0.184. The minimum atomic E-state index is -3.47. The summed E-state index contributed by atoms with van der Waals surface area (Å²) in [6.07, 6.45) is 4.87. The van der Waals surface area contributed by atoms with E-state index in [1.165, 1.54) is 19.4 Å². The van der Waals surface area contributed by atoms with Gasteiger partial charge < -0.3 is 4.90 Å². The van der Waals surface area contributed by atoms with Crippen molar-refractivity contribution in [2.24, 2.45) is 5.92 Å². The second-order valence-corrected chi connectivity index (χ2v) is 6.50. The van der Waals surface area contributed by atoms with Crippen LogP contribution in [0.2, 0.25) is 0 Å². The van der Waals surface area contributed by atoms with E-state index in [1.54, 1.807) is 6.08 Å². The normalized spacial score (nSPS) is 24.8. The van der Waals surface area contributed by atoms with Gasteiger partial charge in [0.1, 0.15) is 0 Å². The highest BCUT2D eigenvalue weighted by atomic mass is 35.7. The summed E-state index contributed by atoms with van der Waals surface area (Å²) in [6, 6.07) is 0. The van der Waals surface area contributed by atoms with Gasteiger partial charge in [0.15, 0.2) is 0 Å². The fraction of sp³-hybridized carbons (Fsp3) is 0.800. The molecule has 1 aliphatic heterocycles. The molecule has 0 radical (unpaired) electrons. The van der Waals surface area contributed by atoms with Gasteiger partial charge in [0.2, 0.25) is 0 Å². The van der Waals surface area contributed by atoms with E-state index >= 15 is 0 Å². The Kier molecular flexibility index (Phi) is 5.09. The first-order valence-electron chi connectivity index (χ1n) is 5.35. The van der Waals surface area contributed by atoms with E-state index in [9.17, 15) is 8.42 Å². The minimum Gasteiger partial charge on any atom is -0.303 e. The Hall–Kier alpha value is -0.0600. The van der Waals surface area contributed by atoms with E-state index in [0.29, 0.717) is 5.92 Å². The Bertz CT molecular complexity index is 313. The summed E-state index contributed by atoms with van der Waals surface area (Å²) in [4.78, 5) is 2.40. The number of nitrogens with zero attached hydrogens (tertiary/aromatic N) is 1. The largest absolute Gasteiger partial charge is 0.303 e. The van der Waals surface area contributed by atoms with Gasteiger partial charge in [0, 0.05) is 22.6 Å². The third-order valence-corrected chi connectivity index (χ3v) is 3.60. The van der Waals surface area contributed by atoms with Crippen molar-refractivity contribution < 1.29 is 8.42 Å². The zero-order valence-corrected chi connectivity index (χ0v) is 10.6. The van der Waals surface area contributed by atoms with Crippen LogP contribution in [0.3, 0.4) is 0 Å². The van der Waals surface area contributed by atoms with Gasteiger partial charge in [-0.2, -0.15) is 0 Å². The third kappa shape index (κ3) is 5.54. The lowest BCUT2D eigenvalue weighted by Crippen LogP contribution is -2.34. The van der Waals surface area contributed by atoms with Gasteiger partial charge >= 0.3 is 0 Å². The summed E-state index contributed by atoms with van der Waals surface area (Å²) < 4.78 is 21.3. The summed E-state index contributed by atoms with van der Waals surface area (Å²) in [5.74, 6) is 0.577. The molecule has 0 aromatic heterocycles. The van der Waals surface area contributed by atoms with Gasteiger partial charge in [-0.05, 0) is 38.3 Å². The molecule has 0 N–H and O–H groups in total. The van der Waals surface area contributed by atoms with Crippen molar-refractivity contribution in [2.45, 2.75) is 26.2 Å². The highest BCUT2D eigenvalue weighted by Crippen LogP contribution is 2.19. The summed E-state index contributed by atoms with van der Waals surface area (Å²) >= 11 is 0. The van der Waals surface area contributed by atoms with Crippen LogP contribution in [-0.4, -0.2) is 33.0 Å². The summed E-state index contributed by atoms with van der Waals surface area (Å²) in [6.45, 7) is 5.48. The van der Waals surface area contributed by atoms with Crippen LogP contribution in [0, 0.1) is 5.92 Å². The number of likely N-dealkylation sites (tertiary alicyclic amines) is 1. The topological polar surface area (TPSA) is 37.4 Å². The number of hydrogen-bond donors (Lipinski definition) is 0. The van der Waals surface area contributed by atoms with Crippen molar-refractivity contribution in [3.05, 3.63) is 11.5 Å². The molecule has 0 aliphatic carbocycles.